The summed E-state index contributed by atoms with van der Waals surface area (Å²) in [5, 5.41) is 4.58. The van der Waals surface area contributed by atoms with Crippen LogP contribution in [0.25, 0.3) is 17.2 Å². The second-order valence-electron chi connectivity index (χ2n) is 4.86. The zero-order valence-electron chi connectivity index (χ0n) is 11.4. The van der Waals surface area contributed by atoms with Gasteiger partial charge in [-0.2, -0.15) is 0 Å². The Labute approximate surface area is 111 Å². The largest absolute Gasteiger partial charge is 0.325 e. The number of hydrogen-bond donors (Lipinski definition) is 1. The fourth-order valence-electron chi connectivity index (χ4n) is 2.20. The van der Waals surface area contributed by atoms with Crippen molar-refractivity contribution in [1.82, 2.24) is 19.2 Å². The Morgan fingerprint density at radius 1 is 1.21 bits per heavy atom. The molecule has 0 atom stereocenters. The van der Waals surface area contributed by atoms with Crippen molar-refractivity contribution in [3.8, 4) is 11.4 Å². The number of aryl methyl sites for hydroxylation is 3. The molecule has 3 rings (SSSR count). The van der Waals surface area contributed by atoms with Crippen LogP contribution in [0, 0.1) is 13.8 Å². The lowest BCUT2D eigenvalue weighted by atomic mass is 10.1. The van der Waals surface area contributed by atoms with E-state index in [0.29, 0.717) is 6.54 Å². The summed E-state index contributed by atoms with van der Waals surface area (Å²) in [5.41, 5.74) is 10.1. The Kier molecular flexibility index (Phi) is 2.64. The molecule has 19 heavy (non-hydrogen) atoms. The van der Waals surface area contributed by atoms with Crippen molar-refractivity contribution in [2.75, 3.05) is 0 Å². The third kappa shape index (κ3) is 1.82. The van der Waals surface area contributed by atoms with Gasteiger partial charge in [-0.25, -0.2) is 9.50 Å². The van der Waals surface area contributed by atoms with Crippen LogP contribution in [-0.4, -0.2) is 19.2 Å². The fraction of sp³-hybridized carbons (Fsp3) is 0.286. The number of rotatable bonds is 2. The molecule has 1 aromatic carbocycles. The summed E-state index contributed by atoms with van der Waals surface area (Å²) in [5.74, 6) is 1.72. The van der Waals surface area contributed by atoms with Crippen LogP contribution in [0.1, 0.15) is 16.8 Å². The molecular formula is C14H17N5. The smallest absolute Gasteiger partial charge is 0.232 e. The number of nitrogens with two attached hydrogens (primary N) is 1. The molecule has 5 heteroatoms. The summed E-state index contributed by atoms with van der Waals surface area (Å²) in [7, 11) is 1.97. The molecule has 2 heterocycles. The van der Waals surface area contributed by atoms with E-state index in [1.807, 2.05) is 17.8 Å². The number of fused-ring (bicyclic) bond motifs is 1. The molecule has 0 fully saturated rings. The minimum absolute atomic E-state index is 0.433. The first-order valence-corrected chi connectivity index (χ1v) is 6.29. The lowest BCUT2D eigenvalue weighted by Gasteiger charge is -2.04. The van der Waals surface area contributed by atoms with E-state index in [4.69, 9.17) is 5.73 Å². The molecule has 5 nitrogen and oxygen atoms in total. The summed E-state index contributed by atoms with van der Waals surface area (Å²) in [6, 6.07) is 6.36. The molecular weight excluding hydrogens is 238 g/mol. The van der Waals surface area contributed by atoms with Gasteiger partial charge in [-0.15, -0.1) is 5.10 Å². The van der Waals surface area contributed by atoms with Crippen molar-refractivity contribution in [3.05, 3.63) is 41.2 Å². The number of benzene rings is 1. The molecule has 0 saturated heterocycles. The van der Waals surface area contributed by atoms with Gasteiger partial charge in [-0.3, -0.25) is 4.57 Å². The van der Waals surface area contributed by atoms with Crippen molar-refractivity contribution in [1.29, 1.82) is 0 Å². The highest BCUT2D eigenvalue weighted by Crippen LogP contribution is 2.21. The number of aromatic nitrogens is 4. The number of hydrogen-bond acceptors (Lipinski definition) is 3. The fourth-order valence-corrected chi connectivity index (χ4v) is 2.20. The summed E-state index contributed by atoms with van der Waals surface area (Å²) in [6.07, 6.45) is 1.87. The van der Waals surface area contributed by atoms with Crippen LogP contribution >= 0.6 is 0 Å². The first kappa shape index (κ1) is 11.9. The van der Waals surface area contributed by atoms with Gasteiger partial charge >= 0.3 is 0 Å². The van der Waals surface area contributed by atoms with E-state index in [1.54, 1.807) is 4.52 Å². The van der Waals surface area contributed by atoms with Gasteiger partial charge in [-0.1, -0.05) is 12.1 Å². The van der Waals surface area contributed by atoms with Gasteiger partial charge in [-0.05, 0) is 31.0 Å². The monoisotopic (exact) mass is 255 g/mol. The van der Waals surface area contributed by atoms with E-state index in [9.17, 15) is 0 Å². The van der Waals surface area contributed by atoms with E-state index < -0.39 is 0 Å². The molecule has 0 saturated carbocycles. The second kappa shape index (κ2) is 4.20. The van der Waals surface area contributed by atoms with Gasteiger partial charge in [0, 0.05) is 19.2 Å². The highest BCUT2D eigenvalue weighted by Gasteiger charge is 2.12. The molecule has 2 N–H and O–H groups in total. The van der Waals surface area contributed by atoms with Gasteiger partial charge in [0.25, 0.3) is 0 Å². The zero-order chi connectivity index (χ0) is 13.6. The van der Waals surface area contributed by atoms with E-state index >= 15 is 0 Å². The average Bonchev–Trinajstić information content (AvgIpc) is 2.93. The first-order valence-electron chi connectivity index (χ1n) is 6.29. The Hall–Kier alpha value is -2.14. The molecule has 0 aliphatic rings. The maximum atomic E-state index is 5.60. The summed E-state index contributed by atoms with van der Waals surface area (Å²) in [6.45, 7) is 4.65. The van der Waals surface area contributed by atoms with Gasteiger partial charge in [0.15, 0.2) is 5.82 Å². The van der Waals surface area contributed by atoms with Crippen molar-refractivity contribution in [2.24, 2.45) is 12.8 Å². The highest BCUT2D eigenvalue weighted by atomic mass is 15.4. The zero-order valence-corrected chi connectivity index (χ0v) is 11.4. The normalized spacial score (nSPS) is 11.4. The van der Waals surface area contributed by atoms with Crippen molar-refractivity contribution < 1.29 is 0 Å². The molecule has 98 valence electrons. The molecule has 2 aromatic heterocycles. The molecule has 0 aliphatic carbocycles. The molecule has 0 spiro atoms. The third-order valence-corrected chi connectivity index (χ3v) is 3.51. The van der Waals surface area contributed by atoms with Crippen molar-refractivity contribution in [3.63, 3.8) is 0 Å². The minimum atomic E-state index is 0.433. The number of nitrogens with zero attached hydrogens (tertiary/aromatic N) is 4. The second-order valence-corrected chi connectivity index (χ2v) is 4.86. The molecule has 0 radical (unpaired) electrons. The average molecular weight is 255 g/mol. The Balaban J connectivity index is 2.16. The summed E-state index contributed by atoms with van der Waals surface area (Å²) >= 11 is 0. The first-order chi connectivity index (χ1) is 9.10. The quantitative estimate of drug-likeness (QED) is 0.759. The predicted octanol–water partition coefficient (Wildman–Crippen LogP) is 1.81. The van der Waals surface area contributed by atoms with Crippen LogP contribution in [0.4, 0.5) is 0 Å². The van der Waals surface area contributed by atoms with E-state index in [-0.39, 0.29) is 0 Å². The van der Waals surface area contributed by atoms with Crippen LogP contribution < -0.4 is 5.73 Å². The van der Waals surface area contributed by atoms with Gasteiger partial charge in [0.05, 0.1) is 11.9 Å². The van der Waals surface area contributed by atoms with Crippen LogP contribution in [0.2, 0.25) is 0 Å². The Morgan fingerprint density at radius 3 is 2.63 bits per heavy atom. The standard InChI is InChI=1S/C14H17N5/c1-9-4-5-11(6-10(9)2)13-17-19-8-12(7-15)16-14(19)18(13)3/h4-6,8H,7,15H2,1-3H3. The molecule has 3 aromatic rings. The molecule has 0 amide bonds. The SMILES string of the molecule is Cc1ccc(-c2nn3cc(CN)nc3n2C)cc1C. The summed E-state index contributed by atoms with van der Waals surface area (Å²) < 4.78 is 3.77. The van der Waals surface area contributed by atoms with E-state index in [1.165, 1.54) is 11.1 Å². The van der Waals surface area contributed by atoms with Crippen LogP contribution in [0.15, 0.2) is 24.4 Å². The van der Waals surface area contributed by atoms with Gasteiger partial charge in [0.1, 0.15) is 0 Å². The number of imidazole rings is 1. The minimum Gasteiger partial charge on any atom is -0.325 e. The van der Waals surface area contributed by atoms with Crippen LogP contribution in [-0.2, 0) is 13.6 Å². The maximum Gasteiger partial charge on any atom is 0.232 e. The predicted molar refractivity (Wildman–Crippen MR) is 74.8 cm³/mol. The highest BCUT2D eigenvalue weighted by molar-refractivity contribution is 5.60. The lowest BCUT2D eigenvalue weighted by Crippen LogP contribution is -1.98. The van der Waals surface area contributed by atoms with Crippen molar-refractivity contribution >= 4 is 5.78 Å². The molecule has 0 aliphatic heterocycles. The van der Waals surface area contributed by atoms with Gasteiger partial charge in [0.2, 0.25) is 5.78 Å². The third-order valence-electron chi connectivity index (χ3n) is 3.51. The van der Waals surface area contributed by atoms with Crippen molar-refractivity contribution in [2.45, 2.75) is 20.4 Å². The molecule has 0 unspecified atom stereocenters. The van der Waals surface area contributed by atoms with Crippen LogP contribution in [0.3, 0.4) is 0 Å². The van der Waals surface area contributed by atoms with Gasteiger partial charge < -0.3 is 5.73 Å². The summed E-state index contributed by atoms with van der Waals surface area (Å²) in [4.78, 5) is 4.46. The Bertz CT molecular complexity index is 751. The lowest BCUT2D eigenvalue weighted by molar-refractivity contribution is 0.923. The maximum absolute atomic E-state index is 5.60. The van der Waals surface area contributed by atoms with Crippen LogP contribution in [0.5, 0.6) is 0 Å². The molecule has 0 bridgehead atoms. The van der Waals surface area contributed by atoms with E-state index in [2.05, 4.69) is 42.1 Å². The Morgan fingerprint density at radius 2 is 2.00 bits per heavy atom. The topological polar surface area (TPSA) is 61.1 Å². The van der Waals surface area contributed by atoms with E-state index in [0.717, 1.165) is 22.9 Å².